The van der Waals surface area contributed by atoms with E-state index in [1.54, 1.807) is 0 Å². The van der Waals surface area contributed by atoms with Gasteiger partial charge in [-0.15, -0.1) is 0 Å². The summed E-state index contributed by atoms with van der Waals surface area (Å²) >= 11 is 0. The summed E-state index contributed by atoms with van der Waals surface area (Å²) in [6.07, 6.45) is 2.93. The lowest BCUT2D eigenvalue weighted by molar-refractivity contribution is 0.152. The van der Waals surface area contributed by atoms with E-state index in [2.05, 4.69) is 29.6 Å². The molecule has 0 saturated heterocycles. The summed E-state index contributed by atoms with van der Waals surface area (Å²) in [5, 5.41) is 0. The summed E-state index contributed by atoms with van der Waals surface area (Å²) in [6, 6.07) is 0. The normalized spacial score (nSPS) is 34.2. The molecule has 9 nitrogen and oxygen atoms in total. The fraction of sp³-hybridized carbons (Fsp3) is 1.00. The molecule has 3 N–H and O–H groups in total. The highest BCUT2D eigenvalue weighted by molar-refractivity contribution is 7.91. The van der Waals surface area contributed by atoms with E-state index in [0.29, 0.717) is 5.92 Å². The van der Waals surface area contributed by atoms with E-state index < -0.39 is 37.8 Å². The topological polar surface area (TPSA) is 147 Å². The van der Waals surface area contributed by atoms with Gasteiger partial charge in [0.1, 0.15) is 0 Å². The summed E-state index contributed by atoms with van der Waals surface area (Å²) in [4.78, 5) is 26.1. The molecule has 0 spiro atoms. The smallest absolute Gasteiger partial charge is 0.302 e. The highest BCUT2D eigenvalue weighted by atomic mass is 32.2. The van der Waals surface area contributed by atoms with Crippen molar-refractivity contribution in [2.45, 2.75) is 40.0 Å². The number of phosphoric acid groups is 2. The Morgan fingerprint density at radius 1 is 1.16 bits per heavy atom. The SMILES string of the molecule is CC12CCC(C(CS(=O)(=O)CCOP(=O)(O)OP(=O)(O)O)C1)C2(C)C. The lowest BCUT2D eigenvalue weighted by Gasteiger charge is -2.34. The first-order valence-electron chi connectivity index (χ1n) is 8.02. The van der Waals surface area contributed by atoms with Gasteiger partial charge in [-0.2, -0.15) is 4.31 Å². The number of phosphoric ester groups is 1. The van der Waals surface area contributed by atoms with E-state index >= 15 is 0 Å². The van der Waals surface area contributed by atoms with E-state index in [9.17, 15) is 17.5 Å². The molecule has 0 aliphatic heterocycles. The molecule has 0 heterocycles. The highest BCUT2D eigenvalue weighted by Crippen LogP contribution is 2.67. The zero-order valence-corrected chi connectivity index (χ0v) is 17.1. The maximum Gasteiger partial charge on any atom is 0.481 e. The van der Waals surface area contributed by atoms with Gasteiger partial charge >= 0.3 is 15.6 Å². The van der Waals surface area contributed by atoms with Crippen molar-refractivity contribution in [2.75, 3.05) is 18.1 Å². The molecule has 148 valence electrons. The van der Waals surface area contributed by atoms with Gasteiger partial charge in [0, 0.05) is 0 Å². The minimum atomic E-state index is -5.21. The highest BCUT2D eigenvalue weighted by Gasteiger charge is 2.60. The molecule has 0 aromatic heterocycles. The maximum atomic E-state index is 12.3. The van der Waals surface area contributed by atoms with Crippen molar-refractivity contribution < 1.29 is 41.1 Å². The Balaban J connectivity index is 1.90. The van der Waals surface area contributed by atoms with Crippen molar-refractivity contribution in [2.24, 2.45) is 22.7 Å². The molecule has 2 saturated carbocycles. The summed E-state index contributed by atoms with van der Waals surface area (Å²) in [7, 11) is -13.8. The summed E-state index contributed by atoms with van der Waals surface area (Å²) in [6.45, 7) is 5.89. The van der Waals surface area contributed by atoms with Gasteiger partial charge in [-0.3, -0.25) is 4.52 Å². The third kappa shape index (κ3) is 4.93. The van der Waals surface area contributed by atoms with Crippen molar-refractivity contribution in [1.82, 2.24) is 0 Å². The van der Waals surface area contributed by atoms with Gasteiger partial charge in [-0.1, -0.05) is 20.8 Å². The number of hydrogen-bond donors (Lipinski definition) is 3. The first-order chi connectivity index (χ1) is 11.1. The zero-order chi connectivity index (χ0) is 19.3. The third-order valence-corrected chi connectivity index (χ3v) is 10.0. The molecule has 0 aromatic rings. The average Bonchev–Trinajstić information content (AvgIpc) is 2.65. The molecule has 2 aliphatic rings. The second-order valence-corrected chi connectivity index (χ2v) is 12.9. The van der Waals surface area contributed by atoms with Crippen LogP contribution in [0.5, 0.6) is 0 Å². The van der Waals surface area contributed by atoms with Gasteiger partial charge < -0.3 is 14.7 Å². The van der Waals surface area contributed by atoms with E-state index in [-0.39, 0.29) is 22.5 Å². The van der Waals surface area contributed by atoms with Gasteiger partial charge in [0.25, 0.3) is 0 Å². The monoisotopic (exact) mass is 420 g/mol. The van der Waals surface area contributed by atoms with Crippen LogP contribution in [0.4, 0.5) is 0 Å². The van der Waals surface area contributed by atoms with E-state index in [4.69, 9.17) is 14.7 Å². The van der Waals surface area contributed by atoms with Gasteiger partial charge in [0.05, 0.1) is 18.1 Å². The van der Waals surface area contributed by atoms with E-state index in [1.807, 2.05) is 0 Å². The third-order valence-electron chi connectivity index (χ3n) is 6.10. The molecule has 2 fully saturated rings. The first kappa shape index (κ1) is 21.5. The average molecular weight is 420 g/mol. The van der Waals surface area contributed by atoms with Crippen molar-refractivity contribution in [1.29, 1.82) is 0 Å². The van der Waals surface area contributed by atoms with Gasteiger partial charge in [0.15, 0.2) is 9.84 Å². The van der Waals surface area contributed by atoms with Crippen LogP contribution in [0.2, 0.25) is 0 Å². The molecule has 4 unspecified atom stereocenters. The Kier molecular flexibility index (Phi) is 5.74. The molecule has 25 heavy (non-hydrogen) atoms. The van der Waals surface area contributed by atoms with E-state index in [0.717, 1.165) is 19.3 Å². The van der Waals surface area contributed by atoms with Crippen LogP contribution in [0.1, 0.15) is 40.0 Å². The minimum Gasteiger partial charge on any atom is -0.302 e. The van der Waals surface area contributed by atoms with Crippen LogP contribution >= 0.6 is 15.6 Å². The zero-order valence-electron chi connectivity index (χ0n) is 14.5. The van der Waals surface area contributed by atoms with Crippen molar-refractivity contribution >= 4 is 25.5 Å². The molecular formula is C13H26O9P2S. The Labute approximate surface area is 147 Å². The molecule has 0 aromatic carbocycles. The van der Waals surface area contributed by atoms with Crippen LogP contribution in [0.3, 0.4) is 0 Å². The predicted octanol–water partition coefficient (Wildman–Crippen LogP) is 2.09. The Hall–Kier alpha value is 0.210. The maximum absolute atomic E-state index is 12.3. The molecule has 2 aliphatic carbocycles. The summed E-state index contributed by atoms with van der Waals surface area (Å²) in [5.74, 6) is -0.154. The van der Waals surface area contributed by atoms with Crippen LogP contribution < -0.4 is 0 Å². The Bertz CT molecular complexity index is 710. The fourth-order valence-electron chi connectivity index (χ4n) is 4.54. The molecule has 0 radical (unpaired) electrons. The molecule has 2 rings (SSSR count). The van der Waals surface area contributed by atoms with Gasteiger partial charge in [-0.25, -0.2) is 17.5 Å². The Morgan fingerprint density at radius 2 is 1.76 bits per heavy atom. The van der Waals surface area contributed by atoms with Crippen molar-refractivity contribution in [3.63, 3.8) is 0 Å². The standard InChI is InChI=1S/C13H26O9P2S/c1-12(2)11-4-5-13(12,3)8-10(11)9-25(19,20)7-6-21-24(17,18)22-23(14,15)16/h10-11H,4-9H2,1-3H3,(H,17,18)(H2,14,15,16). The predicted molar refractivity (Wildman–Crippen MR) is 90.3 cm³/mol. The van der Waals surface area contributed by atoms with Gasteiger partial charge in [0.2, 0.25) is 0 Å². The van der Waals surface area contributed by atoms with Crippen molar-refractivity contribution in [3.8, 4) is 0 Å². The quantitative estimate of drug-likeness (QED) is 0.502. The van der Waals surface area contributed by atoms with Crippen LogP contribution in [0.15, 0.2) is 0 Å². The number of hydrogen-bond acceptors (Lipinski definition) is 6. The van der Waals surface area contributed by atoms with Crippen LogP contribution in [-0.4, -0.2) is 41.2 Å². The fourth-order valence-corrected chi connectivity index (χ4v) is 7.75. The van der Waals surface area contributed by atoms with Gasteiger partial charge in [-0.05, 0) is 41.9 Å². The Morgan fingerprint density at radius 3 is 2.20 bits per heavy atom. The van der Waals surface area contributed by atoms with Crippen molar-refractivity contribution in [3.05, 3.63) is 0 Å². The number of fused-ring (bicyclic) bond motifs is 2. The summed E-state index contributed by atoms with van der Waals surface area (Å²) < 4.78 is 54.4. The second-order valence-electron chi connectivity index (χ2n) is 7.88. The molecule has 12 heteroatoms. The largest absolute Gasteiger partial charge is 0.481 e. The molecular weight excluding hydrogens is 394 g/mol. The summed E-state index contributed by atoms with van der Waals surface area (Å²) in [5.41, 5.74) is 0.216. The van der Waals surface area contributed by atoms with E-state index in [1.165, 1.54) is 0 Å². The molecule has 4 atom stereocenters. The molecule has 2 bridgehead atoms. The molecule has 0 amide bonds. The van der Waals surface area contributed by atoms with Crippen LogP contribution in [0, 0.1) is 22.7 Å². The van der Waals surface area contributed by atoms with Crippen LogP contribution in [-0.2, 0) is 27.8 Å². The minimum absolute atomic E-state index is 0.0187. The lowest BCUT2D eigenvalue weighted by Crippen LogP contribution is -2.27. The first-order valence-corrected chi connectivity index (χ1v) is 12.9. The lowest BCUT2D eigenvalue weighted by atomic mass is 9.71. The van der Waals surface area contributed by atoms with Crippen LogP contribution in [0.25, 0.3) is 0 Å². The number of sulfone groups is 1. The number of rotatable bonds is 8. The second kappa shape index (κ2) is 6.67.